The summed E-state index contributed by atoms with van der Waals surface area (Å²) >= 11 is 0. The third kappa shape index (κ3) is 9.82. The van der Waals surface area contributed by atoms with Crippen LogP contribution in [0.25, 0.3) is 0 Å². The van der Waals surface area contributed by atoms with Crippen molar-refractivity contribution in [2.75, 3.05) is 46.9 Å². The second-order valence-electron chi connectivity index (χ2n) is 8.01. The molecule has 1 amide bonds. The molecule has 8 heteroatoms. The monoisotopic (exact) mass is 498 g/mol. The van der Waals surface area contributed by atoms with Crippen molar-refractivity contribution in [2.24, 2.45) is 10.4 Å². The van der Waals surface area contributed by atoms with Gasteiger partial charge in [-0.3, -0.25) is 4.99 Å². The second-order valence-corrected chi connectivity index (χ2v) is 8.01. The summed E-state index contributed by atoms with van der Waals surface area (Å²) in [6, 6.07) is 0. The number of likely N-dealkylation sites (N-methyl/N-ethyl adjacent to an activating group) is 1. The minimum atomic E-state index is -0.477. The van der Waals surface area contributed by atoms with Gasteiger partial charge in [0.2, 0.25) is 0 Å². The first-order valence-corrected chi connectivity index (χ1v) is 9.66. The van der Waals surface area contributed by atoms with Crippen molar-refractivity contribution >= 4 is 36.0 Å². The fourth-order valence-electron chi connectivity index (χ4n) is 3.02. The van der Waals surface area contributed by atoms with Crippen LogP contribution in [0, 0.1) is 5.41 Å². The molecule has 0 saturated heterocycles. The maximum atomic E-state index is 12.2. The summed E-state index contributed by atoms with van der Waals surface area (Å²) in [5.74, 6) is 0.772. The first-order chi connectivity index (χ1) is 12.2. The zero-order valence-electron chi connectivity index (χ0n) is 17.9. The van der Waals surface area contributed by atoms with Gasteiger partial charge >= 0.3 is 6.09 Å². The molecule has 1 rings (SSSR count). The van der Waals surface area contributed by atoms with Gasteiger partial charge in [-0.25, -0.2) is 4.79 Å². The van der Waals surface area contributed by atoms with Crippen LogP contribution in [0.1, 0.15) is 53.4 Å². The maximum absolute atomic E-state index is 12.2. The standard InChI is InChI=1S/C19H38N4O3.HI/c1-7-23(17(24)26-18(2,3)4)13-12-21-16(20-5)22-15-19(9-8-10-19)11-14-25-6;/h7-15H2,1-6H3,(H2,20,21,22);1H. The van der Waals surface area contributed by atoms with Crippen LogP contribution >= 0.6 is 24.0 Å². The topological polar surface area (TPSA) is 75.2 Å². The first-order valence-electron chi connectivity index (χ1n) is 9.66. The van der Waals surface area contributed by atoms with E-state index in [1.54, 1.807) is 19.1 Å². The van der Waals surface area contributed by atoms with Gasteiger partial charge in [-0.15, -0.1) is 24.0 Å². The Bertz CT molecular complexity index is 462. The number of guanidine groups is 1. The largest absolute Gasteiger partial charge is 0.444 e. The Balaban J connectivity index is 0.00000676. The molecule has 0 aromatic rings. The van der Waals surface area contributed by atoms with E-state index >= 15 is 0 Å². The molecular weight excluding hydrogens is 459 g/mol. The van der Waals surface area contributed by atoms with Crippen LogP contribution in [0.5, 0.6) is 0 Å². The van der Waals surface area contributed by atoms with E-state index in [1.807, 2.05) is 27.7 Å². The highest BCUT2D eigenvalue weighted by Gasteiger charge is 2.36. The van der Waals surface area contributed by atoms with Gasteiger partial charge in [0, 0.05) is 46.9 Å². The molecular formula is C19H39IN4O3. The Labute approximate surface area is 182 Å². The molecule has 1 aliphatic carbocycles. The molecule has 0 aromatic heterocycles. The Kier molecular flexibility index (Phi) is 12.3. The number of halogens is 1. The molecule has 2 N–H and O–H groups in total. The van der Waals surface area contributed by atoms with Gasteiger partial charge in [-0.05, 0) is 52.4 Å². The SMILES string of the molecule is CCN(CCNC(=NC)NCC1(CCOC)CCC1)C(=O)OC(C)(C)C.I. The summed E-state index contributed by atoms with van der Waals surface area (Å²) in [6.45, 7) is 11.1. The number of methoxy groups -OCH3 is 1. The summed E-state index contributed by atoms with van der Waals surface area (Å²) in [5.41, 5.74) is -0.144. The molecule has 1 saturated carbocycles. The minimum Gasteiger partial charge on any atom is -0.444 e. The van der Waals surface area contributed by atoms with E-state index in [1.165, 1.54) is 19.3 Å². The lowest BCUT2D eigenvalue weighted by Crippen LogP contribution is -2.48. The van der Waals surface area contributed by atoms with Crippen molar-refractivity contribution < 1.29 is 14.3 Å². The van der Waals surface area contributed by atoms with Gasteiger partial charge in [-0.1, -0.05) is 6.42 Å². The smallest absolute Gasteiger partial charge is 0.410 e. The number of amides is 1. The van der Waals surface area contributed by atoms with Crippen molar-refractivity contribution in [3.05, 3.63) is 0 Å². The maximum Gasteiger partial charge on any atom is 0.410 e. The highest BCUT2D eigenvalue weighted by atomic mass is 127. The van der Waals surface area contributed by atoms with Crippen LogP contribution in [0.15, 0.2) is 4.99 Å². The van der Waals surface area contributed by atoms with Gasteiger partial charge in [0.25, 0.3) is 0 Å². The number of hydrogen-bond donors (Lipinski definition) is 2. The second kappa shape index (κ2) is 12.6. The van der Waals surface area contributed by atoms with Crippen LogP contribution < -0.4 is 10.6 Å². The van der Waals surface area contributed by atoms with Crippen LogP contribution in [-0.4, -0.2) is 69.5 Å². The van der Waals surface area contributed by atoms with Gasteiger partial charge in [-0.2, -0.15) is 0 Å². The summed E-state index contributed by atoms with van der Waals surface area (Å²) in [4.78, 5) is 18.1. The number of ether oxygens (including phenoxy) is 2. The van der Waals surface area contributed by atoms with Crippen molar-refractivity contribution in [3.8, 4) is 0 Å². The van der Waals surface area contributed by atoms with Crippen molar-refractivity contribution in [2.45, 2.75) is 59.0 Å². The minimum absolute atomic E-state index is 0. The molecule has 1 fully saturated rings. The Morgan fingerprint density at radius 3 is 2.37 bits per heavy atom. The van der Waals surface area contributed by atoms with Crippen molar-refractivity contribution in [3.63, 3.8) is 0 Å². The fraction of sp³-hybridized carbons (Fsp3) is 0.895. The summed E-state index contributed by atoms with van der Waals surface area (Å²) < 4.78 is 10.7. The molecule has 0 radical (unpaired) electrons. The van der Waals surface area contributed by atoms with Crippen LogP contribution in [-0.2, 0) is 9.47 Å². The molecule has 160 valence electrons. The highest BCUT2D eigenvalue weighted by Crippen LogP contribution is 2.43. The normalized spacial score (nSPS) is 16.0. The fourth-order valence-corrected chi connectivity index (χ4v) is 3.02. The zero-order valence-corrected chi connectivity index (χ0v) is 20.2. The highest BCUT2D eigenvalue weighted by molar-refractivity contribution is 14.0. The molecule has 1 aliphatic rings. The lowest BCUT2D eigenvalue weighted by Gasteiger charge is -2.42. The van der Waals surface area contributed by atoms with Crippen LogP contribution in [0.4, 0.5) is 4.79 Å². The van der Waals surface area contributed by atoms with E-state index in [2.05, 4.69) is 15.6 Å². The summed E-state index contributed by atoms with van der Waals surface area (Å²) in [5, 5.41) is 6.72. The molecule has 0 aliphatic heterocycles. The lowest BCUT2D eigenvalue weighted by atomic mass is 9.67. The molecule has 27 heavy (non-hydrogen) atoms. The number of nitrogens with one attached hydrogen (secondary N) is 2. The van der Waals surface area contributed by atoms with E-state index in [4.69, 9.17) is 9.47 Å². The number of hydrogen-bond acceptors (Lipinski definition) is 4. The number of carbonyl (C=O) groups excluding carboxylic acids is 1. The molecule has 0 heterocycles. The van der Waals surface area contributed by atoms with Crippen molar-refractivity contribution in [1.82, 2.24) is 15.5 Å². The molecule has 0 atom stereocenters. The van der Waals surface area contributed by atoms with Crippen molar-refractivity contribution in [1.29, 1.82) is 0 Å². The molecule has 7 nitrogen and oxygen atoms in total. The lowest BCUT2D eigenvalue weighted by molar-refractivity contribution is 0.0264. The number of carbonyl (C=O) groups is 1. The predicted octanol–water partition coefficient (Wildman–Crippen LogP) is 3.23. The van der Waals surface area contributed by atoms with Gasteiger partial charge in [0.05, 0.1) is 0 Å². The van der Waals surface area contributed by atoms with E-state index in [0.29, 0.717) is 25.0 Å². The van der Waals surface area contributed by atoms with E-state index in [-0.39, 0.29) is 30.1 Å². The van der Waals surface area contributed by atoms with Crippen LogP contribution in [0.2, 0.25) is 0 Å². The third-order valence-electron chi connectivity index (χ3n) is 4.81. The van der Waals surface area contributed by atoms with E-state index < -0.39 is 5.60 Å². The Morgan fingerprint density at radius 1 is 1.26 bits per heavy atom. The number of aliphatic imine (C=N–C) groups is 1. The van der Waals surface area contributed by atoms with Crippen LogP contribution in [0.3, 0.4) is 0 Å². The molecule has 0 unspecified atom stereocenters. The number of rotatable bonds is 9. The first kappa shape index (κ1) is 26.2. The third-order valence-corrected chi connectivity index (χ3v) is 4.81. The molecule has 0 spiro atoms. The Hall–Kier alpha value is -0.770. The molecule has 0 aromatic carbocycles. The quantitative estimate of drug-likeness (QED) is 0.290. The number of nitrogens with zero attached hydrogens (tertiary/aromatic N) is 2. The average molecular weight is 498 g/mol. The molecule has 0 bridgehead atoms. The van der Waals surface area contributed by atoms with Gasteiger partial charge in [0.1, 0.15) is 5.60 Å². The van der Waals surface area contributed by atoms with Gasteiger partial charge in [0.15, 0.2) is 5.96 Å². The average Bonchev–Trinajstić information content (AvgIpc) is 2.53. The van der Waals surface area contributed by atoms with E-state index in [9.17, 15) is 4.79 Å². The summed E-state index contributed by atoms with van der Waals surface area (Å²) in [6.07, 6.45) is 4.57. The van der Waals surface area contributed by atoms with E-state index in [0.717, 1.165) is 25.5 Å². The summed E-state index contributed by atoms with van der Waals surface area (Å²) in [7, 11) is 3.52. The zero-order chi connectivity index (χ0) is 19.6. The van der Waals surface area contributed by atoms with Gasteiger partial charge < -0.3 is 25.0 Å². The Morgan fingerprint density at radius 2 is 1.93 bits per heavy atom. The predicted molar refractivity (Wildman–Crippen MR) is 121 cm³/mol.